The predicted molar refractivity (Wildman–Crippen MR) is 98.4 cm³/mol. The first kappa shape index (κ1) is 17.3. The van der Waals surface area contributed by atoms with Crippen LogP contribution in [0.1, 0.15) is 64.2 Å². The van der Waals surface area contributed by atoms with Gasteiger partial charge in [0.25, 0.3) is 0 Å². The maximum Gasteiger partial charge on any atom is 0.250 e. The van der Waals surface area contributed by atoms with Gasteiger partial charge in [0.2, 0.25) is 5.91 Å². The molecule has 1 aromatic rings. The molecular weight excluding hydrogens is 300 g/mol. The van der Waals surface area contributed by atoms with Crippen LogP contribution in [0, 0.1) is 0 Å². The van der Waals surface area contributed by atoms with Crippen LogP contribution in [0.3, 0.4) is 0 Å². The van der Waals surface area contributed by atoms with Gasteiger partial charge >= 0.3 is 0 Å². The Hall–Kier alpha value is -1.55. The molecule has 0 saturated heterocycles. The summed E-state index contributed by atoms with van der Waals surface area (Å²) in [5, 5.41) is 6.51. The van der Waals surface area contributed by atoms with Crippen molar-refractivity contribution in [2.75, 3.05) is 17.2 Å². The first-order valence-electron chi connectivity index (χ1n) is 9.58. The van der Waals surface area contributed by atoms with E-state index in [-0.39, 0.29) is 18.6 Å². The number of benzene rings is 1. The second-order valence-corrected chi connectivity index (χ2v) is 7.18. The standard InChI is InChI=1S/C20H30N2O2/c23-20(15-24-19-9-5-2-6-10-19)22-18-13-11-17(12-14-18)21-16-7-3-1-4-8-16/h11-14,16,19,21H,1-10,15H2,(H,22,23). The highest BCUT2D eigenvalue weighted by Gasteiger charge is 2.15. The zero-order valence-electron chi connectivity index (χ0n) is 14.6. The van der Waals surface area contributed by atoms with Crippen molar-refractivity contribution in [3.8, 4) is 0 Å². The molecule has 4 nitrogen and oxygen atoms in total. The van der Waals surface area contributed by atoms with Crippen LogP contribution in [0.5, 0.6) is 0 Å². The molecule has 0 spiro atoms. The second kappa shape index (κ2) is 9.07. The lowest BCUT2D eigenvalue weighted by atomic mass is 9.95. The zero-order chi connectivity index (χ0) is 16.6. The third-order valence-corrected chi connectivity index (χ3v) is 5.15. The van der Waals surface area contributed by atoms with E-state index in [0.29, 0.717) is 6.04 Å². The average Bonchev–Trinajstić information content (AvgIpc) is 2.63. The molecule has 2 N–H and O–H groups in total. The lowest BCUT2D eigenvalue weighted by molar-refractivity contribution is -0.123. The van der Waals surface area contributed by atoms with Gasteiger partial charge in [0, 0.05) is 17.4 Å². The molecule has 0 unspecified atom stereocenters. The Kier molecular flexibility index (Phi) is 6.53. The average molecular weight is 330 g/mol. The molecule has 0 radical (unpaired) electrons. The lowest BCUT2D eigenvalue weighted by Gasteiger charge is -2.24. The molecular formula is C20H30N2O2. The Morgan fingerprint density at radius 1 is 0.875 bits per heavy atom. The van der Waals surface area contributed by atoms with Gasteiger partial charge in [0.15, 0.2) is 0 Å². The number of rotatable bonds is 6. The summed E-state index contributed by atoms with van der Waals surface area (Å²) >= 11 is 0. The molecule has 2 aliphatic carbocycles. The fourth-order valence-electron chi connectivity index (χ4n) is 3.75. The number of carbonyl (C=O) groups excluding carboxylic acids is 1. The van der Waals surface area contributed by atoms with Crippen molar-refractivity contribution in [3.63, 3.8) is 0 Å². The summed E-state index contributed by atoms with van der Waals surface area (Å²) < 4.78 is 5.72. The SMILES string of the molecule is O=C(COC1CCCCC1)Nc1ccc(NC2CCCCC2)cc1. The number of nitrogens with one attached hydrogen (secondary N) is 2. The van der Waals surface area contributed by atoms with Gasteiger partial charge in [-0.2, -0.15) is 0 Å². The van der Waals surface area contributed by atoms with E-state index in [2.05, 4.69) is 10.6 Å². The van der Waals surface area contributed by atoms with Crippen molar-refractivity contribution in [2.24, 2.45) is 0 Å². The minimum atomic E-state index is -0.0615. The van der Waals surface area contributed by atoms with E-state index in [1.807, 2.05) is 24.3 Å². The monoisotopic (exact) mass is 330 g/mol. The summed E-state index contributed by atoms with van der Waals surface area (Å²) in [7, 11) is 0. The number of ether oxygens (including phenoxy) is 1. The molecule has 2 saturated carbocycles. The molecule has 1 amide bonds. The molecule has 0 heterocycles. The van der Waals surface area contributed by atoms with E-state index >= 15 is 0 Å². The maximum absolute atomic E-state index is 12.0. The largest absolute Gasteiger partial charge is 0.382 e. The molecule has 0 aromatic heterocycles. The summed E-state index contributed by atoms with van der Waals surface area (Å²) in [6, 6.07) is 8.62. The quantitative estimate of drug-likeness (QED) is 0.793. The van der Waals surface area contributed by atoms with Crippen LogP contribution in [0.2, 0.25) is 0 Å². The van der Waals surface area contributed by atoms with Gasteiger partial charge in [-0.25, -0.2) is 0 Å². The topological polar surface area (TPSA) is 50.4 Å². The summed E-state index contributed by atoms with van der Waals surface area (Å²) in [4.78, 5) is 12.0. The van der Waals surface area contributed by atoms with E-state index in [4.69, 9.17) is 4.74 Å². The molecule has 0 atom stereocenters. The first-order valence-corrected chi connectivity index (χ1v) is 9.58. The third kappa shape index (κ3) is 5.52. The highest BCUT2D eigenvalue weighted by atomic mass is 16.5. The third-order valence-electron chi connectivity index (χ3n) is 5.15. The second-order valence-electron chi connectivity index (χ2n) is 7.18. The van der Waals surface area contributed by atoms with E-state index in [0.717, 1.165) is 24.2 Å². The van der Waals surface area contributed by atoms with Crippen LogP contribution in [0.15, 0.2) is 24.3 Å². The normalized spacial score (nSPS) is 19.8. The van der Waals surface area contributed by atoms with Crippen molar-refractivity contribution in [1.29, 1.82) is 0 Å². The summed E-state index contributed by atoms with van der Waals surface area (Å²) in [6.07, 6.45) is 12.7. The predicted octanol–water partition coefficient (Wildman–Crippen LogP) is 4.72. The molecule has 2 fully saturated rings. The molecule has 0 aliphatic heterocycles. The van der Waals surface area contributed by atoms with Gasteiger partial charge in [-0.1, -0.05) is 38.5 Å². The maximum atomic E-state index is 12.0. The molecule has 132 valence electrons. The van der Waals surface area contributed by atoms with Crippen LogP contribution < -0.4 is 10.6 Å². The lowest BCUT2D eigenvalue weighted by Crippen LogP contribution is -2.24. The van der Waals surface area contributed by atoms with E-state index in [9.17, 15) is 4.79 Å². The van der Waals surface area contributed by atoms with Crippen molar-refractivity contribution in [3.05, 3.63) is 24.3 Å². The molecule has 24 heavy (non-hydrogen) atoms. The molecule has 2 aliphatic rings. The Morgan fingerprint density at radius 2 is 1.46 bits per heavy atom. The highest BCUT2D eigenvalue weighted by molar-refractivity contribution is 5.91. The fraction of sp³-hybridized carbons (Fsp3) is 0.650. The Balaban J connectivity index is 1.40. The van der Waals surface area contributed by atoms with E-state index in [1.165, 1.54) is 51.4 Å². The molecule has 1 aromatic carbocycles. The molecule has 3 rings (SSSR count). The van der Waals surface area contributed by atoms with Crippen LogP contribution in [0.25, 0.3) is 0 Å². The highest BCUT2D eigenvalue weighted by Crippen LogP contribution is 2.23. The summed E-state index contributed by atoms with van der Waals surface area (Å²) in [5.41, 5.74) is 1.97. The molecule has 4 heteroatoms. The minimum Gasteiger partial charge on any atom is -0.382 e. The zero-order valence-corrected chi connectivity index (χ0v) is 14.6. The van der Waals surface area contributed by atoms with Crippen molar-refractivity contribution >= 4 is 17.3 Å². The number of carbonyl (C=O) groups is 1. The van der Waals surface area contributed by atoms with E-state index < -0.39 is 0 Å². The summed E-state index contributed by atoms with van der Waals surface area (Å²) in [6.45, 7) is 0.159. The summed E-state index contributed by atoms with van der Waals surface area (Å²) in [5.74, 6) is -0.0615. The minimum absolute atomic E-state index is 0.0615. The number of hydrogen-bond donors (Lipinski definition) is 2. The van der Waals surface area contributed by atoms with Crippen molar-refractivity contribution in [2.45, 2.75) is 76.4 Å². The van der Waals surface area contributed by atoms with Gasteiger partial charge in [0.05, 0.1) is 6.10 Å². The van der Waals surface area contributed by atoms with Gasteiger partial charge in [-0.15, -0.1) is 0 Å². The van der Waals surface area contributed by atoms with Crippen molar-refractivity contribution < 1.29 is 9.53 Å². The van der Waals surface area contributed by atoms with Crippen LogP contribution in [0.4, 0.5) is 11.4 Å². The first-order chi connectivity index (χ1) is 11.8. The number of anilines is 2. The van der Waals surface area contributed by atoms with Crippen LogP contribution in [-0.2, 0) is 9.53 Å². The number of hydrogen-bond acceptors (Lipinski definition) is 3. The smallest absolute Gasteiger partial charge is 0.250 e. The van der Waals surface area contributed by atoms with E-state index in [1.54, 1.807) is 0 Å². The Morgan fingerprint density at radius 3 is 2.12 bits per heavy atom. The van der Waals surface area contributed by atoms with Crippen LogP contribution >= 0.6 is 0 Å². The fourth-order valence-corrected chi connectivity index (χ4v) is 3.75. The van der Waals surface area contributed by atoms with Crippen LogP contribution in [-0.4, -0.2) is 24.7 Å². The van der Waals surface area contributed by atoms with Gasteiger partial charge in [-0.05, 0) is 49.9 Å². The molecule has 0 bridgehead atoms. The Labute approximate surface area is 145 Å². The Bertz CT molecular complexity index is 503. The van der Waals surface area contributed by atoms with Gasteiger partial charge in [0.1, 0.15) is 6.61 Å². The van der Waals surface area contributed by atoms with Crippen molar-refractivity contribution in [1.82, 2.24) is 0 Å². The number of amides is 1. The van der Waals surface area contributed by atoms with Gasteiger partial charge in [-0.3, -0.25) is 4.79 Å². The van der Waals surface area contributed by atoms with Gasteiger partial charge < -0.3 is 15.4 Å².